The Hall–Kier alpha value is -2.17. The highest BCUT2D eigenvalue weighted by atomic mass is 19.1. The molecule has 2 aromatic rings. The van der Waals surface area contributed by atoms with E-state index in [0.29, 0.717) is 24.9 Å². The standard InChI is InChI=1S/C17H22FN3O/c1-12-15(13(2)21(3)20-12)10-11-19-17(22)9-8-14-6-4-5-7-16(14)18/h4-7H,8-11H2,1-3H3,(H,19,22). The smallest absolute Gasteiger partial charge is 0.220 e. The molecule has 1 N–H and O–H groups in total. The number of nitrogens with zero attached hydrogens (tertiary/aromatic N) is 2. The number of hydrogen-bond acceptors (Lipinski definition) is 2. The average Bonchev–Trinajstić information content (AvgIpc) is 2.72. The van der Waals surface area contributed by atoms with Gasteiger partial charge in [-0.15, -0.1) is 0 Å². The summed E-state index contributed by atoms with van der Waals surface area (Å²) in [5.74, 6) is -0.306. The van der Waals surface area contributed by atoms with Gasteiger partial charge in [-0.2, -0.15) is 5.10 Å². The summed E-state index contributed by atoms with van der Waals surface area (Å²) < 4.78 is 15.3. The topological polar surface area (TPSA) is 46.9 Å². The molecule has 0 aliphatic heterocycles. The maximum Gasteiger partial charge on any atom is 0.220 e. The largest absolute Gasteiger partial charge is 0.356 e. The summed E-state index contributed by atoms with van der Waals surface area (Å²) in [4.78, 5) is 11.8. The van der Waals surface area contributed by atoms with Gasteiger partial charge >= 0.3 is 0 Å². The Bertz CT molecular complexity index is 664. The molecule has 22 heavy (non-hydrogen) atoms. The van der Waals surface area contributed by atoms with Crippen LogP contribution in [0.2, 0.25) is 0 Å². The van der Waals surface area contributed by atoms with Crippen LogP contribution in [0, 0.1) is 19.7 Å². The van der Waals surface area contributed by atoms with E-state index in [9.17, 15) is 9.18 Å². The first-order valence-corrected chi connectivity index (χ1v) is 7.48. The highest BCUT2D eigenvalue weighted by molar-refractivity contribution is 5.76. The summed E-state index contributed by atoms with van der Waals surface area (Å²) in [6, 6.07) is 6.56. The Labute approximate surface area is 130 Å². The fourth-order valence-electron chi connectivity index (χ4n) is 2.54. The summed E-state index contributed by atoms with van der Waals surface area (Å²) >= 11 is 0. The van der Waals surface area contributed by atoms with Gasteiger partial charge in [0.2, 0.25) is 5.91 Å². The zero-order chi connectivity index (χ0) is 16.1. The van der Waals surface area contributed by atoms with E-state index in [4.69, 9.17) is 0 Å². The van der Waals surface area contributed by atoms with Crippen molar-refractivity contribution in [1.29, 1.82) is 0 Å². The molecule has 0 bridgehead atoms. The number of nitrogens with one attached hydrogen (secondary N) is 1. The highest BCUT2D eigenvalue weighted by Crippen LogP contribution is 2.12. The minimum Gasteiger partial charge on any atom is -0.356 e. The van der Waals surface area contributed by atoms with Crippen molar-refractivity contribution in [3.8, 4) is 0 Å². The molecule has 0 unspecified atom stereocenters. The number of carbonyl (C=O) groups is 1. The molecule has 0 aliphatic carbocycles. The van der Waals surface area contributed by atoms with Crippen molar-refractivity contribution in [3.05, 3.63) is 52.6 Å². The highest BCUT2D eigenvalue weighted by Gasteiger charge is 2.10. The lowest BCUT2D eigenvalue weighted by Gasteiger charge is -2.06. The van der Waals surface area contributed by atoms with Crippen LogP contribution in [0.3, 0.4) is 0 Å². The van der Waals surface area contributed by atoms with E-state index in [1.807, 2.05) is 25.6 Å². The summed E-state index contributed by atoms with van der Waals surface area (Å²) in [5.41, 5.74) is 3.88. The average molecular weight is 303 g/mol. The number of aromatic nitrogens is 2. The van der Waals surface area contributed by atoms with Gasteiger partial charge in [0, 0.05) is 25.7 Å². The minimum absolute atomic E-state index is 0.0533. The predicted octanol–water partition coefficient (Wildman–Crippen LogP) is 2.47. The van der Waals surface area contributed by atoms with E-state index in [1.54, 1.807) is 18.2 Å². The molecule has 5 heteroatoms. The molecule has 118 valence electrons. The van der Waals surface area contributed by atoms with Crippen LogP contribution in [-0.4, -0.2) is 22.2 Å². The van der Waals surface area contributed by atoms with Crippen molar-refractivity contribution >= 4 is 5.91 Å². The van der Waals surface area contributed by atoms with E-state index in [2.05, 4.69) is 10.4 Å². The first kappa shape index (κ1) is 16.2. The van der Waals surface area contributed by atoms with Crippen LogP contribution in [-0.2, 0) is 24.7 Å². The van der Waals surface area contributed by atoms with Gasteiger partial charge in [-0.05, 0) is 43.9 Å². The third-order valence-corrected chi connectivity index (χ3v) is 3.94. The third kappa shape index (κ3) is 3.93. The quantitative estimate of drug-likeness (QED) is 0.891. The van der Waals surface area contributed by atoms with E-state index >= 15 is 0 Å². The van der Waals surface area contributed by atoms with Crippen molar-refractivity contribution in [2.75, 3.05) is 6.54 Å². The molecular weight excluding hydrogens is 281 g/mol. The third-order valence-electron chi connectivity index (χ3n) is 3.94. The van der Waals surface area contributed by atoms with Crippen molar-refractivity contribution in [3.63, 3.8) is 0 Å². The number of carbonyl (C=O) groups excluding carboxylic acids is 1. The van der Waals surface area contributed by atoms with E-state index in [-0.39, 0.29) is 11.7 Å². The molecule has 0 spiro atoms. The van der Waals surface area contributed by atoms with Crippen LogP contribution in [0.5, 0.6) is 0 Å². The maximum absolute atomic E-state index is 13.5. The second-order valence-corrected chi connectivity index (χ2v) is 5.46. The van der Waals surface area contributed by atoms with Crippen LogP contribution in [0.1, 0.15) is 28.9 Å². The fourth-order valence-corrected chi connectivity index (χ4v) is 2.54. The zero-order valence-electron chi connectivity index (χ0n) is 13.3. The maximum atomic E-state index is 13.5. The van der Waals surface area contributed by atoms with Gasteiger partial charge < -0.3 is 5.32 Å². The first-order valence-electron chi connectivity index (χ1n) is 7.48. The van der Waals surface area contributed by atoms with Crippen LogP contribution in [0.25, 0.3) is 0 Å². The van der Waals surface area contributed by atoms with E-state index in [0.717, 1.165) is 17.8 Å². The predicted molar refractivity (Wildman–Crippen MR) is 84.1 cm³/mol. The van der Waals surface area contributed by atoms with Gasteiger partial charge in [0.25, 0.3) is 0 Å². The lowest BCUT2D eigenvalue weighted by atomic mass is 10.1. The number of benzene rings is 1. The summed E-state index contributed by atoms with van der Waals surface area (Å²) in [5, 5.41) is 7.24. The van der Waals surface area contributed by atoms with Crippen molar-refractivity contribution in [2.24, 2.45) is 7.05 Å². The molecule has 0 radical (unpaired) electrons. The van der Waals surface area contributed by atoms with Crippen molar-refractivity contribution in [1.82, 2.24) is 15.1 Å². The lowest BCUT2D eigenvalue weighted by Crippen LogP contribution is -2.26. The van der Waals surface area contributed by atoms with Crippen molar-refractivity contribution < 1.29 is 9.18 Å². The second-order valence-electron chi connectivity index (χ2n) is 5.46. The molecule has 0 saturated heterocycles. The summed E-state index contributed by atoms with van der Waals surface area (Å²) in [7, 11) is 1.92. The van der Waals surface area contributed by atoms with Gasteiger partial charge in [0.15, 0.2) is 0 Å². The minimum atomic E-state index is -0.253. The molecule has 0 atom stereocenters. The van der Waals surface area contributed by atoms with Gasteiger partial charge in [0.05, 0.1) is 5.69 Å². The molecule has 0 fully saturated rings. The van der Waals surface area contributed by atoms with Gasteiger partial charge in [-0.1, -0.05) is 18.2 Å². The van der Waals surface area contributed by atoms with Crippen molar-refractivity contribution in [2.45, 2.75) is 33.1 Å². The Balaban J connectivity index is 1.78. The molecule has 0 saturated carbocycles. The van der Waals surface area contributed by atoms with Gasteiger partial charge in [-0.3, -0.25) is 9.48 Å². The Kier molecular flexibility index (Phi) is 5.31. The number of amides is 1. The normalized spacial score (nSPS) is 10.7. The monoisotopic (exact) mass is 303 g/mol. The fraction of sp³-hybridized carbons (Fsp3) is 0.412. The number of aryl methyl sites for hydroxylation is 3. The molecule has 2 rings (SSSR count). The Morgan fingerprint density at radius 3 is 2.64 bits per heavy atom. The molecule has 1 aromatic carbocycles. The van der Waals surface area contributed by atoms with Gasteiger partial charge in [0.1, 0.15) is 5.82 Å². The second kappa shape index (κ2) is 7.20. The molecule has 4 nitrogen and oxygen atoms in total. The molecule has 1 heterocycles. The number of hydrogen-bond donors (Lipinski definition) is 1. The molecule has 1 amide bonds. The Morgan fingerprint density at radius 1 is 1.27 bits per heavy atom. The first-order chi connectivity index (χ1) is 10.5. The Morgan fingerprint density at radius 2 is 2.00 bits per heavy atom. The van der Waals surface area contributed by atoms with E-state index in [1.165, 1.54) is 11.6 Å². The number of halogens is 1. The zero-order valence-corrected chi connectivity index (χ0v) is 13.3. The van der Waals surface area contributed by atoms with E-state index < -0.39 is 0 Å². The number of rotatable bonds is 6. The van der Waals surface area contributed by atoms with Crippen LogP contribution in [0.4, 0.5) is 4.39 Å². The molecule has 0 aliphatic rings. The SMILES string of the molecule is Cc1nn(C)c(C)c1CCNC(=O)CCc1ccccc1F. The van der Waals surface area contributed by atoms with Crippen LogP contribution >= 0.6 is 0 Å². The summed E-state index contributed by atoms with van der Waals surface area (Å²) in [6.07, 6.45) is 1.48. The van der Waals surface area contributed by atoms with Gasteiger partial charge in [-0.25, -0.2) is 4.39 Å². The van der Waals surface area contributed by atoms with Crippen LogP contribution < -0.4 is 5.32 Å². The molecule has 1 aromatic heterocycles. The lowest BCUT2D eigenvalue weighted by molar-refractivity contribution is -0.121. The summed E-state index contributed by atoms with van der Waals surface area (Å²) in [6.45, 7) is 4.57. The molecular formula is C17H22FN3O. The van der Waals surface area contributed by atoms with Crippen LogP contribution in [0.15, 0.2) is 24.3 Å².